The van der Waals surface area contributed by atoms with Crippen LogP contribution in [0.15, 0.2) is 0 Å². The number of hydrogen-bond acceptors (Lipinski definition) is 7. The first-order valence-electron chi connectivity index (χ1n) is 2.78. The van der Waals surface area contributed by atoms with Gasteiger partial charge in [-0.05, 0) is 0 Å². The third kappa shape index (κ3) is 18.1. The summed E-state index contributed by atoms with van der Waals surface area (Å²) in [6.07, 6.45) is 0. The van der Waals surface area contributed by atoms with E-state index in [1.54, 1.807) is 0 Å². The normalized spacial score (nSPS) is 12.1. The van der Waals surface area contributed by atoms with Crippen LogP contribution in [0.3, 0.4) is 0 Å². The van der Waals surface area contributed by atoms with Gasteiger partial charge in [0.15, 0.2) is 0 Å². The molecule has 2 atom stereocenters. The van der Waals surface area contributed by atoms with Crippen LogP contribution in [0.4, 0.5) is 0 Å². The molecule has 0 aromatic carbocycles. The molecule has 0 aliphatic carbocycles. The van der Waals surface area contributed by atoms with Gasteiger partial charge in [0.05, 0.1) is 0 Å². The van der Waals surface area contributed by atoms with Crippen molar-refractivity contribution in [3.63, 3.8) is 0 Å². The van der Waals surface area contributed by atoms with Crippen molar-refractivity contribution in [2.45, 2.75) is 10.5 Å². The van der Waals surface area contributed by atoms with Crippen molar-refractivity contribution in [3.05, 3.63) is 0 Å². The smallest absolute Gasteiger partial charge is 0.784 e. The first kappa shape index (κ1) is 26.3. The van der Waals surface area contributed by atoms with E-state index in [2.05, 4.69) is 25.3 Å². The number of carboxylic acid groups (broad SMARTS) is 2. The van der Waals surface area contributed by atoms with Crippen LogP contribution in [-0.4, -0.2) is 46.0 Å². The molecule has 84 valence electrons. The summed E-state index contributed by atoms with van der Waals surface area (Å²) < 4.78 is 25.3. The van der Waals surface area contributed by atoms with Crippen LogP contribution in [0.25, 0.3) is 0 Å². The molecule has 7 nitrogen and oxygen atoms in total. The van der Waals surface area contributed by atoms with E-state index in [0.717, 1.165) is 0 Å². The minimum Gasteiger partial charge on any atom is -0.784 e. The van der Waals surface area contributed by atoms with Crippen molar-refractivity contribution in [2.75, 3.05) is 0 Å². The van der Waals surface area contributed by atoms with E-state index in [-0.39, 0.29) is 59.1 Å². The Balaban J connectivity index is -0.000000105. The second kappa shape index (κ2) is 14.8. The predicted octanol–water partition coefficient (Wildman–Crippen LogP) is -7.24. The van der Waals surface area contributed by atoms with Gasteiger partial charge in [-0.2, -0.15) is 25.3 Å². The minimum atomic E-state index is -3.11. The Bertz CT molecular complexity index is 216. The first-order valence-corrected chi connectivity index (χ1v) is 4.82. The Morgan fingerprint density at radius 1 is 1.00 bits per heavy atom. The fraction of sp³-hybridized carbons (Fsp3) is 0.500. The van der Waals surface area contributed by atoms with Crippen molar-refractivity contribution in [3.8, 4) is 0 Å². The van der Waals surface area contributed by atoms with Crippen LogP contribution in [0.2, 0.25) is 0 Å². The maximum absolute atomic E-state index is 10.1. The van der Waals surface area contributed by atoms with E-state index >= 15 is 0 Å². The molecule has 0 fully saturated rings. The van der Waals surface area contributed by atoms with Gasteiger partial charge in [-0.25, -0.2) is 0 Å². The zero-order valence-corrected chi connectivity index (χ0v) is 15.0. The minimum absolute atomic E-state index is 0. The molecule has 0 aromatic rings. The first-order chi connectivity index (χ1) is 6.20. The van der Waals surface area contributed by atoms with Gasteiger partial charge in [0.25, 0.3) is 0 Å². The number of aliphatic carboxylic acids is 2. The largest absolute Gasteiger partial charge is 1.00 e. The molecule has 0 aliphatic rings. The van der Waals surface area contributed by atoms with E-state index < -0.39 is 33.8 Å². The molecule has 0 rings (SSSR count). The maximum Gasteiger partial charge on any atom is 1.00 e. The fourth-order valence-corrected chi connectivity index (χ4v) is 0.525. The fourth-order valence-electron chi connectivity index (χ4n) is 0.270. The quantitative estimate of drug-likeness (QED) is 0.231. The van der Waals surface area contributed by atoms with E-state index in [1.165, 1.54) is 0 Å². The van der Waals surface area contributed by atoms with Crippen LogP contribution in [0.1, 0.15) is 0 Å². The molecule has 0 saturated carbocycles. The molecule has 0 radical (unpaired) electrons. The monoisotopic (exact) mass is 308 g/mol. The topological polar surface area (TPSA) is 138 Å². The molecule has 0 saturated heterocycles. The van der Waals surface area contributed by atoms with Gasteiger partial charge in [-0.15, -0.1) is 11.4 Å². The standard InChI is InChI=1S/C4H6O4S2.2Na.H2O3S/c5-3(6)1(9)2(10)4(7)8;;;1-4(2)3/h1-2,9-10H,(H,5,6)(H,7,8);;;(H2,1,2,3)/q;2*+1;/p-2. The summed E-state index contributed by atoms with van der Waals surface area (Å²) in [7, 11) is 0. The third-order valence-electron chi connectivity index (χ3n) is 0.805. The molecule has 2 unspecified atom stereocenters. The van der Waals surface area contributed by atoms with Crippen LogP contribution in [-0.2, 0) is 21.0 Å². The molecule has 0 aliphatic heterocycles. The Kier molecular flexibility index (Phi) is 24.3. The molecule has 12 heteroatoms. The van der Waals surface area contributed by atoms with Crippen molar-refractivity contribution >= 4 is 48.6 Å². The molecule has 0 bridgehead atoms. The van der Waals surface area contributed by atoms with E-state index in [4.69, 9.17) is 23.5 Å². The number of carbonyl (C=O) groups is 2. The molecule has 0 amide bonds. The van der Waals surface area contributed by atoms with Crippen molar-refractivity contribution in [1.29, 1.82) is 0 Å². The summed E-state index contributed by atoms with van der Waals surface area (Å²) in [6.45, 7) is 0. The number of carboxylic acids is 2. The van der Waals surface area contributed by atoms with E-state index in [1.807, 2.05) is 0 Å². The summed E-state index contributed by atoms with van der Waals surface area (Å²) in [5, 5.41) is 13.9. The molecule has 16 heavy (non-hydrogen) atoms. The van der Waals surface area contributed by atoms with Gasteiger partial charge in [-0.1, -0.05) is 0 Å². The summed E-state index contributed by atoms with van der Waals surface area (Å²) in [6, 6.07) is 0. The molecule has 2 N–H and O–H groups in total. The summed E-state index contributed by atoms with van der Waals surface area (Å²) in [4.78, 5) is 20.1. The molecule has 0 heterocycles. The summed E-state index contributed by atoms with van der Waals surface area (Å²) >= 11 is 3.89. The summed E-state index contributed by atoms with van der Waals surface area (Å²) in [5.74, 6) is -2.57. The molecule has 0 aromatic heterocycles. The number of rotatable bonds is 3. The Hall–Kier alpha value is 1.71. The predicted molar refractivity (Wildman–Crippen MR) is 50.5 cm³/mol. The summed E-state index contributed by atoms with van der Waals surface area (Å²) in [5.41, 5.74) is 0. The second-order valence-electron chi connectivity index (χ2n) is 1.77. The van der Waals surface area contributed by atoms with Crippen LogP contribution in [0, 0.1) is 0 Å². The van der Waals surface area contributed by atoms with E-state index in [9.17, 15) is 9.59 Å². The molecular weight excluding hydrogens is 302 g/mol. The SMILES string of the molecule is O=C(O)C(S)C(S)C(=O)O.O=S([O-])[O-].[Na+].[Na+]. The molecular formula is C4H6Na2O7S3. The van der Waals surface area contributed by atoms with Crippen LogP contribution < -0.4 is 59.1 Å². The van der Waals surface area contributed by atoms with Crippen molar-refractivity contribution in [2.24, 2.45) is 0 Å². The van der Waals surface area contributed by atoms with Gasteiger partial charge in [0.2, 0.25) is 0 Å². The zero-order valence-electron chi connectivity index (χ0n) is 8.39. The Morgan fingerprint density at radius 3 is 1.19 bits per heavy atom. The van der Waals surface area contributed by atoms with Crippen LogP contribution in [0.5, 0.6) is 0 Å². The van der Waals surface area contributed by atoms with Gasteiger partial charge >= 0.3 is 71.1 Å². The van der Waals surface area contributed by atoms with Gasteiger partial charge in [0, 0.05) is 0 Å². The average Bonchev–Trinajstić information content (AvgIpc) is 2.00. The van der Waals surface area contributed by atoms with E-state index in [0.29, 0.717) is 0 Å². The molecule has 0 spiro atoms. The van der Waals surface area contributed by atoms with Crippen molar-refractivity contribution in [1.82, 2.24) is 0 Å². The zero-order chi connectivity index (χ0) is 11.9. The number of thiol groups is 2. The second-order valence-corrected chi connectivity index (χ2v) is 3.29. The van der Waals surface area contributed by atoms with Crippen molar-refractivity contribution < 1.29 is 92.2 Å². The Morgan fingerprint density at radius 2 is 1.12 bits per heavy atom. The average molecular weight is 308 g/mol. The van der Waals surface area contributed by atoms with Crippen LogP contribution >= 0.6 is 25.3 Å². The van der Waals surface area contributed by atoms with Gasteiger partial charge in [-0.3, -0.25) is 13.8 Å². The van der Waals surface area contributed by atoms with Gasteiger partial charge in [0.1, 0.15) is 10.5 Å². The third-order valence-corrected chi connectivity index (χ3v) is 2.08. The Labute approximate surface area is 149 Å². The van der Waals surface area contributed by atoms with Gasteiger partial charge < -0.3 is 19.3 Å². The maximum atomic E-state index is 10.1. The number of hydrogen-bond donors (Lipinski definition) is 4.